The van der Waals surface area contributed by atoms with E-state index in [1.165, 1.54) is 21.3 Å². The molecule has 18 heavy (non-hydrogen) atoms. The minimum atomic E-state index is -3.49. The summed E-state index contributed by atoms with van der Waals surface area (Å²) in [5.74, 6) is -1.24. The first-order valence-corrected chi connectivity index (χ1v) is 7.02. The standard InChI is InChI=1S/C10H19NO6S/c1-11(7-4-5-9(12)16-2)18(14,15)8-6-10(13)17-3/h4-8H2,1-3H3. The van der Waals surface area contributed by atoms with Gasteiger partial charge in [0.25, 0.3) is 0 Å². The van der Waals surface area contributed by atoms with Crippen LogP contribution in [0.5, 0.6) is 0 Å². The van der Waals surface area contributed by atoms with E-state index < -0.39 is 16.0 Å². The van der Waals surface area contributed by atoms with E-state index in [4.69, 9.17) is 0 Å². The van der Waals surface area contributed by atoms with Crippen LogP contribution < -0.4 is 0 Å². The molecule has 0 aliphatic rings. The minimum Gasteiger partial charge on any atom is -0.469 e. The molecule has 0 atom stereocenters. The fraction of sp³-hybridized carbons (Fsp3) is 0.800. The van der Waals surface area contributed by atoms with Crippen LogP contribution in [0, 0.1) is 0 Å². The summed E-state index contributed by atoms with van der Waals surface area (Å²) < 4.78 is 33.3. The summed E-state index contributed by atoms with van der Waals surface area (Å²) in [6, 6.07) is 0. The number of carbonyl (C=O) groups excluding carboxylic acids is 2. The van der Waals surface area contributed by atoms with E-state index in [2.05, 4.69) is 9.47 Å². The fourth-order valence-corrected chi connectivity index (χ4v) is 2.30. The zero-order chi connectivity index (χ0) is 14.2. The van der Waals surface area contributed by atoms with Crippen LogP contribution in [0.2, 0.25) is 0 Å². The van der Waals surface area contributed by atoms with Crippen LogP contribution >= 0.6 is 0 Å². The van der Waals surface area contributed by atoms with Gasteiger partial charge >= 0.3 is 11.9 Å². The summed E-state index contributed by atoms with van der Waals surface area (Å²) in [5.41, 5.74) is 0. The molecule has 7 nitrogen and oxygen atoms in total. The average Bonchev–Trinajstić information content (AvgIpc) is 2.35. The molecule has 0 unspecified atom stereocenters. The quantitative estimate of drug-likeness (QED) is 0.571. The van der Waals surface area contributed by atoms with E-state index in [0.717, 1.165) is 4.31 Å². The van der Waals surface area contributed by atoms with Gasteiger partial charge in [-0.25, -0.2) is 12.7 Å². The zero-order valence-corrected chi connectivity index (χ0v) is 11.7. The molecule has 0 aliphatic carbocycles. The molecule has 0 aromatic heterocycles. The Bertz CT molecular complexity index is 378. The monoisotopic (exact) mass is 281 g/mol. The van der Waals surface area contributed by atoms with Gasteiger partial charge in [-0.05, 0) is 6.42 Å². The van der Waals surface area contributed by atoms with Crippen LogP contribution in [0.15, 0.2) is 0 Å². The highest BCUT2D eigenvalue weighted by atomic mass is 32.2. The molecule has 0 rings (SSSR count). The lowest BCUT2D eigenvalue weighted by Gasteiger charge is -2.16. The van der Waals surface area contributed by atoms with Crippen LogP contribution in [-0.4, -0.2) is 58.2 Å². The van der Waals surface area contributed by atoms with Crippen molar-refractivity contribution < 1.29 is 27.5 Å². The summed E-state index contributed by atoms with van der Waals surface area (Å²) >= 11 is 0. The van der Waals surface area contributed by atoms with Crippen molar-refractivity contribution in [2.75, 3.05) is 33.6 Å². The Kier molecular flexibility index (Phi) is 7.53. The van der Waals surface area contributed by atoms with E-state index in [1.807, 2.05) is 0 Å². The Morgan fingerprint density at radius 1 is 1.06 bits per heavy atom. The molecular formula is C10H19NO6S. The van der Waals surface area contributed by atoms with Gasteiger partial charge in [-0.1, -0.05) is 0 Å². The highest BCUT2D eigenvalue weighted by molar-refractivity contribution is 7.89. The molecule has 0 radical (unpaired) electrons. The normalized spacial score (nSPS) is 11.3. The number of methoxy groups -OCH3 is 2. The fourth-order valence-electron chi connectivity index (χ4n) is 1.16. The molecule has 0 N–H and O–H groups in total. The maximum atomic E-state index is 11.7. The third-order valence-electron chi connectivity index (χ3n) is 2.35. The number of nitrogens with zero attached hydrogens (tertiary/aromatic N) is 1. The van der Waals surface area contributed by atoms with Crippen molar-refractivity contribution in [3.63, 3.8) is 0 Å². The first kappa shape index (κ1) is 16.9. The molecule has 0 saturated heterocycles. The van der Waals surface area contributed by atoms with Gasteiger partial charge in [-0.15, -0.1) is 0 Å². The van der Waals surface area contributed by atoms with Gasteiger partial charge in [0.1, 0.15) is 0 Å². The van der Waals surface area contributed by atoms with Crippen molar-refractivity contribution >= 4 is 22.0 Å². The summed E-state index contributed by atoms with van der Waals surface area (Å²) in [6.45, 7) is 0.207. The van der Waals surface area contributed by atoms with Crippen LogP contribution in [0.3, 0.4) is 0 Å². The lowest BCUT2D eigenvalue weighted by atomic mass is 10.3. The Morgan fingerprint density at radius 2 is 1.56 bits per heavy atom. The second kappa shape index (κ2) is 8.04. The van der Waals surface area contributed by atoms with Gasteiger partial charge in [-0.3, -0.25) is 9.59 Å². The lowest BCUT2D eigenvalue weighted by molar-refractivity contribution is -0.141. The second-order valence-corrected chi connectivity index (χ2v) is 5.84. The van der Waals surface area contributed by atoms with E-state index >= 15 is 0 Å². The molecule has 0 spiro atoms. The number of sulfonamides is 1. The highest BCUT2D eigenvalue weighted by Gasteiger charge is 2.19. The summed E-state index contributed by atoms with van der Waals surface area (Å²) in [6.07, 6.45) is 0.355. The average molecular weight is 281 g/mol. The van der Waals surface area contributed by atoms with Crippen molar-refractivity contribution in [3.8, 4) is 0 Å². The summed E-state index contributed by atoms with van der Waals surface area (Å²) in [7, 11) is 0.397. The number of carbonyl (C=O) groups is 2. The van der Waals surface area contributed by atoms with Gasteiger partial charge in [0.05, 0.1) is 26.4 Å². The number of hydrogen-bond donors (Lipinski definition) is 0. The molecule has 8 heteroatoms. The molecule has 0 fully saturated rings. The van der Waals surface area contributed by atoms with E-state index in [-0.39, 0.29) is 31.1 Å². The first-order valence-electron chi connectivity index (χ1n) is 5.41. The Labute approximate surface area is 107 Å². The first-order chi connectivity index (χ1) is 8.33. The number of hydrogen-bond acceptors (Lipinski definition) is 6. The largest absolute Gasteiger partial charge is 0.469 e. The van der Waals surface area contributed by atoms with Gasteiger partial charge in [-0.2, -0.15) is 0 Å². The number of esters is 2. The van der Waals surface area contributed by atoms with Crippen molar-refractivity contribution in [1.82, 2.24) is 4.31 Å². The third-order valence-corrected chi connectivity index (χ3v) is 4.20. The summed E-state index contributed by atoms with van der Waals surface area (Å²) in [4.78, 5) is 21.7. The van der Waals surface area contributed by atoms with Crippen LogP contribution in [0.4, 0.5) is 0 Å². The van der Waals surface area contributed by atoms with Crippen LogP contribution in [0.1, 0.15) is 19.3 Å². The van der Waals surface area contributed by atoms with Gasteiger partial charge in [0.2, 0.25) is 10.0 Å². The highest BCUT2D eigenvalue weighted by Crippen LogP contribution is 2.04. The van der Waals surface area contributed by atoms with E-state index in [0.29, 0.717) is 6.42 Å². The second-order valence-electron chi connectivity index (χ2n) is 3.64. The minimum absolute atomic E-state index is 0.160. The van der Waals surface area contributed by atoms with Crippen molar-refractivity contribution in [3.05, 3.63) is 0 Å². The Hall–Kier alpha value is -1.15. The molecule has 0 amide bonds. The SMILES string of the molecule is COC(=O)CCCN(C)S(=O)(=O)CCC(=O)OC. The van der Waals surface area contributed by atoms with E-state index in [1.54, 1.807) is 0 Å². The van der Waals surface area contributed by atoms with E-state index in [9.17, 15) is 18.0 Å². The van der Waals surface area contributed by atoms with Gasteiger partial charge in [0, 0.05) is 20.0 Å². The molecule has 0 aliphatic heterocycles. The maximum Gasteiger partial charge on any atom is 0.306 e. The Balaban J connectivity index is 4.10. The third kappa shape index (κ3) is 6.55. The van der Waals surface area contributed by atoms with Crippen molar-refractivity contribution in [1.29, 1.82) is 0 Å². The molecule has 0 aromatic rings. The van der Waals surface area contributed by atoms with Crippen LogP contribution in [-0.2, 0) is 29.1 Å². The summed E-state index contributed by atoms with van der Waals surface area (Å²) in [5, 5.41) is 0. The maximum absolute atomic E-state index is 11.7. The Morgan fingerprint density at radius 3 is 2.06 bits per heavy atom. The molecule has 106 valence electrons. The molecular weight excluding hydrogens is 262 g/mol. The molecule has 0 bridgehead atoms. The predicted molar refractivity (Wildman–Crippen MR) is 64.3 cm³/mol. The van der Waals surface area contributed by atoms with Gasteiger partial charge < -0.3 is 9.47 Å². The van der Waals surface area contributed by atoms with Crippen molar-refractivity contribution in [2.24, 2.45) is 0 Å². The molecule has 0 aromatic carbocycles. The van der Waals surface area contributed by atoms with Crippen LogP contribution in [0.25, 0.3) is 0 Å². The topological polar surface area (TPSA) is 90.0 Å². The number of ether oxygens (including phenoxy) is 2. The lowest BCUT2D eigenvalue weighted by Crippen LogP contribution is -2.31. The van der Waals surface area contributed by atoms with Crippen molar-refractivity contribution in [2.45, 2.75) is 19.3 Å². The smallest absolute Gasteiger partial charge is 0.306 e. The molecule has 0 saturated carbocycles. The number of rotatable bonds is 8. The predicted octanol–water partition coefficient (Wildman–Crippen LogP) is -0.236. The zero-order valence-electron chi connectivity index (χ0n) is 10.8. The van der Waals surface area contributed by atoms with Gasteiger partial charge in [0.15, 0.2) is 0 Å². The molecule has 0 heterocycles.